The standard InChI is InChI=1S/C12H18N2O2.C10H14N2O2/c1-11(2)4-10(14-9-16)5-12(3,6-11)7-13-8-15;13-7-11-5-9-1-2-10(4-3-9)6-12-8-14/h10H,4-7H2,1-3H3;9-10H,1-6H2. The van der Waals surface area contributed by atoms with Gasteiger partial charge in [-0.05, 0) is 67.6 Å². The van der Waals surface area contributed by atoms with Crippen LogP contribution in [0.25, 0.3) is 0 Å². The Morgan fingerprint density at radius 1 is 0.733 bits per heavy atom. The second kappa shape index (κ2) is 13.0. The number of isocyanates is 4. The lowest BCUT2D eigenvalue weighted by Gasteiger charge is -2.44. The summed E-state index contributed by atoms with van der Waals surface area (Å²) in [4.78, 5) is 55.0. The molecular formula is C22H32N4O4. The molecule has 0 aromatic heterocycles. The van der Waals surface area contributed by atoms with Gasteiger partial charge in [-0.15, -0.1) is 0 Å². The molecule has 2 saturated carbocycles. The number of nitrogens with zero attached hydrogens (tertiary/aromatic N) is 4. The number of carbonyl (C=O) groups excluding carboxylic acids is 4. The van der Waals surface area contributed by atoms with E-state index in [9.17, 15) is 19.2 Å². The molecule has 2 unspecified atom stereocenters. The van der Waals surface area contributed by atoms with Crippen LogP contribution in [0.4, 0.5) is 0 Å². The molecule has 0 saturated heterocycles. The largest absolute Gasteiger partial charge is 0.235 e. The summed E-state index contributed by atoms with van der Waals surface area (Å²) in [6, 6.07) is 0.00750. The smallest absolute Gasteiger partial charge is 0.211 e. The molecule has 0 N–H and O–H groups in total. The first-order valence-electron chi connectivity index (χ1n) is 10.5. The van der Waals surface area contributed by atoms with E-state index >= 15 is 0 Å². The number of aliphatic imine (C=N–C) groups is 4. The minimum atomic E-state index is -0.0653. The summed E-state index contributed by atoms with van der Waals surface area (Å²) >= 11 is 0. The van der Waals surface area contributed by atoms with Gasteiger partial charge in [-0.3, -0.25) is 0 Å². The highest BCUT2D eigenvalue weighted by atomic mass is 16.1. The molecule has 30 heavy (non-hydrogen) atoms. The van der Waals surface area contributed by atoms with E-state index in [2.05, 4.69) is 40.7 Å². The van der Waals surface area contributed by atoms with E-state index in [4.69, 9.17) is 0 Å². The fourth-order valence-corrected chi connectivity index (χ4v) is 5.02. The first-order valence-corrected chi connectivity index (χ1v) is 10.5. The number of hydrogen-bond donors (Lipinski definition) is 0. The van der Waals surface area contributed by atoms with Crippen LogP contribution in [0.5, 0.6) is 0 Å². The van der Waals surface area contributed by atoms with Gasteiger partial charge in [0.2, 0.25) is 24.3 Å². The highest BCUT2D eigenvalue weighted by Gasteiger charge is 2.41. The Morgan fingerprint density at radius 2 is 1.23 bits per heavy atom. The Labute approximate surface area is 178 Å². The third-order valence-electron chi connectivity index (χ3n) is 5.98. The summed E-state index contributed by atoms with van der Waals surface area (Å²) in [5.74, 6) is 1.04. The minimum absolute atomic E-state index is 0.00750. The summed E-state index contributed by atoms with van der Waals surface area (Å²) in [5, 5.41) is 0. The lowest BCUT2D eigenvalue weighted by Crippen LogP contribution is -2.39. The van der Waals surface area contributed by atoms with Gasteiger partial charge in [0, 0.05) is 0 Å². The molecule has 2 aliphatic rings. The van der Waals surface area contributed by atoms with Gasteiger partial charge in [0.25, 0.3) is 0 Å². The van der Waals surface area contributed by atoms with Crippen LogP contribution in [0.3, 0.4) is 0 Å². The molecule has 0 aliphatic heterocycles. The Kier molecular flexibility index (Phi) is 11.0. The molecule has 0 amide bonds. The molecule has 8 nitrogen and oxygen atoms in total. The maximum Gasteiger partial charge on any atom is 0.235 e. The third kappa shape index (κ3) is 9.82. The van der Waals surface area contributed by atoms with E-state index in [1.54, 1.807) is 24.3 Å². The van der Waals surface area contributed by atoms with Crippen LogP contribution in [0.15, 0.2) is 20.0 Å². The van der Waals surface area contributed by atoms with E-state index in [0.29, 0.717) is 31.5 Å². The maximum atomic E-state index is 10.3. The average molecular weight is 417 g/mol. The van der Waals surface area contributed by atoms with E-state index < -0.39 is 0 Å². The van der Waals surface area contributed by atoms with Gasteiger partial charge in [0.1, 0.15) is 0 Å². The number of rotatable bonds is 7. The zero-order valence-corrected chi connectivity index (χ0v) is 18.2. The zero-order valence-electron chi connectivity index (χ0n) is 18.2. The predicted molar refractivity (Wildman–Crippen MR) is 112 cm³/mol. The van der Waals surface area contributed by atoms with Crippen LogP contribution in [0.1, 0.15) is 65.7 Å². The first kappa shape index (κ1) is 25.6. The van der Waals surface area contributed by atoms with Gasteiger partial charge >= 0.3 is 0 Å². The predicted octanol–water partition coefficient (Wildman–Crippen LogP) is 3.71. The van der Waals surface area contributed by atoms with Crippen LogP contribution >= 0.6 is 0 Å². The van der Waals surface area contributed by atoms with Crippen molar-refractivity contribution in [2.75, 3.05) is 19.6 Å². The lowest BCUT2D eigenvalue weighted by atomic mass is 9.63. The van der Waals surface area contributed by atoms with E-state index in [1.165, 1.54) is 0 Å². The van der Waals surface area contributed by atoms with Crippen LogP contribution in [0, 0.1) is 22.7 Å². The van der Waals surface area contributed by atoms with Crippen molar-refractivity contribution in [3.05, 3.63) is 0 Å². The summed E-state index contributed by atoms with van der Waals surface area (Å²) in [6.45, 7) is 8.07. The quantitative estimate of drug-likeness (QED) is 0.464. The molecule has 2 aliphatic carbocycles. The van der Waals surface area contributed by atoms with Gasteiger partial charge in [-0.2, -0.15) is 0 Å². The van der Waals surface area contributed by atoms with Crippen molar-refractivity contribution in [3.8, 4) is 0 Å². The highest BCUT2D eigenvalue weighted by molar-refractivity contribution is 5.34. The van der Waals surface area contributed by atoms with Crippen molar-refractivity contribution in [2.45, 2.75) is 71.8 Å². The molecule has 0 radical (unpaired) electrons. The molecule has 2 fully saturated rings. The molecule has 8 heteroatoms. The molecular weight excluding hydrogens is 384 g/mol. The summed E-state index contributed by atoms with van der Waals surface area (Å²) in [7, 11) is 0. The SMILES string of the molecule is CC1(C)CC(N=C=O)CC(C)(CN=C=O)C1.O=C=NCC1CCC(CN=C=O)CC1. The Balaban J connectivity index is 0.000000303. The highest BCUT2D eigenvalue weighted by Crippen LogP contribution is 2.47. The summed E-state index contributed by atoms with van der Waals surface area (Å²) in [6.07, 6.45) is 13.3. The van der Waals surface area contributed by atoms with Crippen molar-refractivity contribution in [1.29, 1.82) is 0 Å². The third-order valence-corrected chi connectivity index (χ3v) is 5.98. The molecule has 2 rings (SSSR count). The van der Waals surface area contributed by atoms with Crippen LogP contribution in [-0.2, 0) is 19.2 Å². The molecule has 0 bridgehead atoms. The van der Waals surface area contributed by atoms with Crippen molar-refractivity contribution in [1.82, 2.24) is 0 Å². The molecule has 0 heterocycles. The topological polar surface area (TPSA) is 118 Å². The second-order valence-electron chi connectivity index (χ2n) is 9.59. The molecule has 0 spiro atoms. The monoisotopic (exact) mass is 416 g/mol. The molecule has 0 aromatic carbocycles. The molecule has 2 atom stereocenters. The Bertz CT molecular complexity index is 706. The maximum absolute atomic E-state index is 10.3. The van der Waals surface area contributed by atoms with Crippen molar-refractivity contribution in [3.63, 3.8) is 0 Å². The fourth-order valence-electron chi connectivity index (χ4n) is 5.02. The summed E-state index contributed by atoms with van der Waals surface area (Å²) in [5.41, 5.74) is 0.0561. The van der Waals surface area contributed by atoms with E-state index in [0.717, 1.165) is 44.9 Å². The normalized spacial score (nSPS) is 29.4. The van der Waals surface area contributed by atoms with Crippen molar-refractivity contribution in [2.24, 2.45) is 42.6 Å². The number of hydrogen-bond acceptors (Lipinski definition) is 8. The first-order chi connectivity index (χ1) is 14.3. The van der Waals surface area contributed by atoms with E-state index in [-0.39, 0.29) is 16.9 Å². The Hall–Kier alpha value is -2.48. The van der Waals surface area contributed by atoms with Crippen LogP contribution in [0.2, 0.25) is 0 Å². The van der Waals surface area contributed by atoms with Crippen LogP contribution in [-0.4, -0.2) is 50.0 Å². The van der Waals surface area contributed by atoms with E-state index in [1.807, 2.05) is 0 Å². The average Bonchev–Trinajstić information content (AvgIpc) is 2.69. The van der Waals surface area contributed by atoms with Gasteiger partial charge in [0.15, 0.2) is 0 Å². The summed E-state index contributed by atoms with van der Waals surface area (Å²) < 4.78 is 0. The van der Waals surface area contributed by atoms with Gasteiger partial charge in [0.05, 0.1) is 25.7 Å². The second-order valence-corrected chi connectivity index (χ2v) is 9.59. The molecule has 164 valence electrons. The van der Waals surface area contributed by atoms with Crippen molar-refractivity contribution >= 4 is 24.3 Å². The van der Waals surface area contributed by atoms with Gasteiger partial charge in [-0.25, -0.2) is 39.1 Å². The Morgan fingerprint density at radius 3 is 1.67 bits per heavy atom. The fraction of sp³-hybridized carbons (Fsp3) is 0.818. The zero-order chi connectivity index (χ0) is 22.5. The van der Waals surface area contributed by atoms with Gasteiger partial charge in [-0.1, -0.05) is 20.8 Å². The molecule has 0 aromatic rings. The van der Waals surface area contributed by atoms with Crippen molar-refractivity contribution < 1.29 is 19.2 Å². The minimum Gasteiger partial charge on any atom is -0.211 e. The van der Waals surface area contributed by atoms with Crippen LogP contribution < -0.4 is 0 Å². The lowest BCUT2D eigenvalue weighted by molar-refractivity contribution is 0.0915. The van der Waals surface area contributed by atoms with Gasteiger partial charge < -0.3 is 0 Å².